The highest BCUT2D eigenvalue weighted by atomic mass is 16.1. The molecular weight excluding hydrogens is 262 g/mol. The molecular formula is C17H33N3O. The highest BCUT2D eigenvalue weighted by molar-refractivity contribution is 5.84. The number of likely N-dealkylation sites (tertiary alicyclic amines) is 1. The molecule has 4 heteroatoms. The lowest BCUT2D eigenvalue weighted by Gasteiger charge is -2.43. The summed E-state index contributed by atoms with van der Waals surface area (Å²) in [4.78, 5) is 14.4. The van der Waals surface area contributed by atoms with Gasteiger partial charge in [-0.1, -0.05) is 20.3 Å². The molecule has 2 rings (SSSR count). The van der Waals surface area contributed by atoms with E-state index in [9.17, 15) is 4.79 Å². The summed E-state index contributed by atoms with van der Waals surface area (Å²) >= 11 is 0. The monoisotopic (exact) mass is 295 g/mol. The molecule has 1 saturated heterocycles. The van der Waals surface area contributed by atoms with Gasteiger partial charge in [0.25, 0.3) is 0 Å². The van der Waals surface area contributed by atoms with Gasteiger partial charge in [0.1, 0.15) is 0 Å². The molecule has 0 aromatic heterocycles. The van der Waals surface area contributed by atoms with Crippen molar-refractivity contribution in [1.82, 2.24) is 10.2 Å². The minimum atomic E-state index is -0.563. The fourth-order valence-corrected chi connectivity index (χ4v) is 3.49. The van der Waals surface area contributed by atoms with E-state index in [0.717, 1.165) is 19.5 Å². The number of hydrogen-bond donors (Lipinski definition) is 2. The van der Waals surface area contributed by atoms with E-state index in [0.29, 0.717) is 17.5 Å². The summed E-state index contributed by atoms with van der Waals surface area (Å²) < 4.78 is 0. The van der Waals surface area contributed by atoms with E-state index >= 15 is 0 Å². The fraction of sp³-hybridized carbons (Fsp3) is 0.941. The summed E-state index contributed by atoms with van der Waals surface area (Å²) in [6.07, 6.45) is 6.94. The van der Waals surface area contributed by atoms with Gasteiger partial charge in [-0.2, -0.15) is 0 Å². The molecule has 0 aromatic carbocycles. The van der Waals surface area contributed by atoms with E-state index in [1.165, 1.54) is 32.1 Å². The van der Waals surface area contributed by atoms with Crippen molar-refractivity contribution < 1.29 is 4.79 Å². The van der Waals surface area contributed by atoms with Gasteiger partial charge in [0.05, 0.1) is 5.54 Å². The zero-order valence-corrected chi connectivity index (χ0v) is 14.2. The van der Waals surface area contributed by atoms with E-state index in [-0.39, 0.29) is 5.91 Å². The molecule has 1 aliphatic carbocycles. The van der Waals surface area contributed by atoms with Gasteiger partial charge in [-0.25, -0.2) is 0 Å². The second kappa shape index (κ2) is 6.25. The summed E-state index contributed by atoms with van der Waals surface area (Å²) in [5, 5.41) is 3.46. The number of primary amides is 1. The van der Waals surface area contributed by atoms with Crippen LogP contribution in [0, 0.1) is 5.41 Å². The lowest BCUT2D eigenvalue weighted by atomic mass is 9.77. The molecule has 21 heavy (non-hydrogen) atoms. The number of rotatable bonds is 7. The van der Waals surface area contributed by atoms with E-state index < -0.39 is 5.54 Å². The predicted molar refractivity (Wildman–Crippen MR) is 87.0 cm³/mol. The van der Waals surface area contributed by atoms with Crippen LogP contribution in [0.1, 0.15) is 66.2 Å². The quantitative estimate of drug-likeness (QED) is 0.757. The van der Waals surface area contributed by atoms with Crippen LogP contribution in [0.2, 0.25) is 0 Å². The number of piperidine rings is 1. The van der Waals surface area contributed by atoms with E-state index in [4.69, 9.17) is 5.73 Å². The van der Waals surface area contributed by atoms with Crippen LogP contribution >= 0.6 is 0 Å². The molecule has 0 aromatic rings. The van der Waals surface area contributed by atoms with Gasteiger partial charge in [0.2, 0.25) is 5.91 Å². The van der Waals surface area contributed by atoms with Crippen molar-refractivity contribution in [2.24, 2.45) is 11.1 Å². The number of amides is 1. The second-order valence-electron chi connectivity index (χ2n) is 7.87. The van der Waals surface area contributed by atoms with Crippen LogP contribution in [-0.2, 0) is 4.79 Å². The van der Waals surface area contributed by atoms with Gasteiger partial charge in [-0.05, 0) is 64.5 Å². The van der Waals surface area contributed by atoms with Crippen LogP contribution in [0.3, 0.4) is 0 Å². The van der Waals surface area contributed by atoms with E-state index in [2.05, 4.69) is 31.0 Å². The van der Waals surface area contributed by atoms with Gasteiger partial charge < -0.3 is 16.0 Å². The molecule has 3 N–H and O–H groups in total. The lowest BCUT2D eigenvalue weighted by Crippen LogP contribution is -2.57. The SMILES string of the molecule is CCC1(C)CCN(C(C)CC(C)(NC2CC2)C(N)=O)CC1. The fourth-order valence-electron chi connectivity index (χ4n) is 3.49. The van der Waals surface area contributed by atoms with Crippen LogP contribution in [0.15, 0.2) is 0 Å². The molecule has 2 atom stereocenters. The minimum Gasteiger partial charge on any atom is -0.368 e. The molecule has 1 heterocycles. The summed E-state index contributed by atoms with van der Waals surface area (Å²) in [6.45, 7) is 11.2. The first kappa shape index (κ1) is 16.8. The second-order valence-corrected chi connectivity index (χ2v) is 7.87. The molecule has 0 radical (unpaired) electrons. The maximum absolute atomic E-state index is 11.9. The highest BCUT2D eigenvalue weighted by Gasteiger charge is 2.40. The first-order chi connectivity index (χ1) is 9.78. The Labute approximate surface area is 129 Å². The smallest absolute Gasteiger partial charge is 0.237 e. The normalized spacial score (nSPS) is 27.0. The van der Waals surface area contributed by atoms with Crippen molar-refractivity contribution in [3.63, 3.8) is 0 Å². The summed E-state index contributed by atoms with van der Waals surface area (Å²) in [6, 6.07) is 0.898. The molecule has 4 nitrogen and oxygen atoms in total. The number of nitrogens with two attached hydrogens (primary N) is 1. The summed E-state index contributed by atoms with van der Waals surface area (Å²) in [5.41, 5.74) is 5.62. The van der Waals surface area contributed by atoms with Crippen LogP contribution in [0.4, 0.5) is 0 Å². The average Bonchev–Trinajstić information content (AvgIpc) is 3.23. The molecule has 2 fully saturated rings. The Kier molecular flexibility index (Phi) is 4.99. The van der Waals surface area contributed by atoms with Crippen LogP contribution in [0.25, 0.3) is 0 Å². The van der Waals surface area contributed by atoms with Crippen molar-refractivity contribution >= 4 is 5.91 Å². The third kappa shape index (κ3) is 4.19. The summed E-state index contributed by atoms with van der Waals surface area (Å²) in [7, 11) is 0. The Balaban J connectivity index is 1.90. The maximum atomic E-state index is 11.9. The van der Waals surface area contributed by atoms with Gasteiger partial charge in [0, 0.05) is 12.1 Å². The number of nitrogens with one attached hydrogen (secondary N) is 1. The third-order valence-electron chi connectivity index (χ3n) is 5.83. The van der Waals surface area contributed by atoms with Crippen LogP contribution in [-0.4, -0.2) is 41.5 Å². The number of nitrogens with zero attached hydrogens (tertiary/aromatic N) is 1. The molecule has 122 valence electrons. The number of carbonyl (C=O) groups is 1. The minimum absolute atomic E-state index is 0.211. The zero-order chi connectivity index (χ0) is 15.7. The third-order valence-corrected chi connectivity index (χ3v) is 5.83. The van der Waals surface area contributed by atoms with Crippen molar-refractivity contribution in [2.75, 3.05) is 13.1 Å². The van der Waals surface area contributed by atoms with Gasteiger partial charge in [-0.3, -0.25) is 4.79 Å². The molecule has 1 aliphatic heterocycles. The standard InChI is InChI=1S/C17H33N3O/c1-5-16(3)8-10-20(11-9-16)13(2)12-17(4,15(18)21)19-14-6-7-14/h13-14,19H,5-12H2,1-4H3,(H2,18,21). The first-order valence-electron chi connectivity index (χ1n) is 8.60. The van der Waals surface area contributed by atoms with Crippen molar-refractivity contribution in [3.8, 4) is 0 Å². The number of carbonyl (C=O) groups excluding carboxylic acids is 1. The van der Waals surface area contributed by atoms with E-state index in [1.54, 1.807) is 0 Å². The first-order valence-corrected chi connectivity index (χ1v) is 8.60. The van der Waals surface area contributed by atoms with Crippen molar-refractivity contribution in [2.45, 2.75) is 83.8 Å². The molecule has 1 saturated carbocycles. The lowest BCUT2D eigenvalue weighted by molar-refractivity contribution is -0.124. The van der Waals surface area contributed by atoms with Crippen molar-refractivity contribution in [1.29, 1.82) is 0 Å². The Morgan fingerprint density at radius 3 is 2.43 bits per heavy atom. The molecule has 2 aliphatic rings. The van der Waals surface area contributed by atoms with Crippen LogP contribution in [0.5, 0.6) is 0 Å². The van der Waals surface area contributed by atoms with E-state index in [1.807, 2.05) is 6.92 Å². The topological polar surface area (TPSA) is 58.4 Å². The maximum Gasteiger partial charge on any atom is 0.237 e. The molecule has 1 amide bonds. The zero-order valence-electron chi connectivity index (χ0n) is 14.2. The Hall–Kier alpha value is -0.610. The van der Waals surface area contributed by atoms with Gasteiger partial charge >= 0.3 is 0 Å². The van der Waals surface area contributed by atoms with Gasteiger partial charge in [-0.15, -0.1) is 0 Å². The Morgan fingerprint density at radius 1 is 1.43 bits per heavy atom. The van der Waals surface area contributed by atoms with Crippen LogP contribution < -0.4 is 11.1 Å². The largest absolute Gasteiger partial charge is 0.368 e. The Bertz CT molecular complexity index is 372. The molecule has 0 spiro atoms. The van der Waals surface area contributed by atoms with Crippen molar-refractivity contribution in [3.05, 3.63) is 0 Å². The summed E-state index contributed by atoms with van der Waals surface area (Å²) in [5.74, 6) is -0.211. The highest BCUT2D eigenvalue weighted by Crippen LogP contribution is 2.35. The molecule has 0 bridgehead atoms. The Morgan fingerprint density at radius 2 is 2.00 bits per heavy atom. The number of hydrogen-bond acceptors (Lipinski definition) is 3. The average molecular weight is 295 g/mol. The predicted octanol–water partition coefficient (Wildman–Crippen LogP) is 2.27. The van der Waals surface area contributed by atoms with Gasteiger partial charge in [0.15, 0.2) is 0 Å². The molecule has 2 unspecified atom stereocenters.